The minimum absolute atomic E-state index is 0.0140. The van der Waals surface area contributed by atoms with Crippen molar-refractivity contribution in [3.05, 3.63) is 60.2 Å². The van der Waals surface area contributed by atoms with E-state index in [4.69, 9.17) is 9.47 Å². The van der Waals surface area contributed by atoms with E-state index < -0.39 is 0 Å². The molecule has 1 aliphatic heterocycles. The van der Waals surface area contributed by atoms with Crippen molar-refractivity contribution in [2.75, 3.05) is 26.2 Å². The Morgan fingerprint density at radius 1 is 1.00 bits per heavy atom. The van der Waals surface area contributed by atoms with Gasteiger partial charge in [0.15, 0.2) is 0 Å². The number of carbonyl (C=O) groups excluding carboxylic acids is 2. The number of rotatable bonds is 7. The Morgan fingerprint density at radius 3 is 2.34 bits per heavy atom. The molecule has 0 aromatic heterocycles. The van der Waals surface area contributed by atoms with E-state index in [0.717, 1.165) is 24.2 Å². The molecule has 0 atom stereocenters. The van der Waals surface area contributed by atoms with Crippen molar-refractivity contribution in [2.24, 2.45) is 5.92 Å². The van der Waals surface area contributed by atoms with Crippen molar-refractivity contribution >= 4 is 12.0 Å². The van der Waals surface area contributed by atoms with E-state index in [1.54, 1.807) is 17.0 Å². The Hall–Kier alpha value is -3.02. The van der Waals surface area contributed by atoms with Gasteiger partial charge in [0.05, 0.1) is 13.0 Å². The van der Waals surface area contributed by atoms with Crippen LogP contribution in [0.1, 0.15) is 25.3 Å². The molecule has 3 rings (SSSR count). The van der Waals surface area contributed by atoms with Crippen LogP contribution in [0.3, 0.4) is 0 Å². The third kappa shape index (κ3) is 6.52. The smallest absolute Gasteiger partial charge is 0.415 e. The van der Waals surface area contributed by atoms with E-state index in [9.17, 15) is 9.59 Å². The van der Waals surface area contributed by atoms with E-state index in [0.29, 0.717) is 44.3 Å². The molecule has 0 unspecified atom stereocenters. The highest BCUT2D eigenvalue weighted by Gasteiger charge is 2.24. The number of amides is 2. The fourth-order valence-electron chi connectivity index (χ4n) is 3.35. The van der Waals surface area contributed by atoms with Crippen molar-refractivity contribution < 1.29 is 19.1 Å². The Kier molecular flexibility index (Phi) is 7.50. The van der Waals surface area contributed by atoms with Gasteiger partial charge in [0.2, 0.25) is 5.91 Å². The molecule has 29 heavy (non-hydrogen) atoms. The molecule has 154 valence electrons. The number of hydrogen-bond acceptors (Lipinski definition) is 4. The average Bonchev–Trinajstić information content (AvgIpc) is 2.75. The quantitative estimate of drug-likeness (QED) is 0.776. The number of para-hydroxylation sites is 1. The van der Waals surface area contributed by atoms with Crippen molar-refractivity contribution in [3.8, 4) is 11.5 Å². The van der Waals surface area contributed by atoms with Crippen LogP contribution in [0.2, 0.25) is 0 Å². The Balaban J connectivity index is 1.36. The van der Waals surface area contributed by atoms with Crippen molar-refractivity contribution in [3.63, 3.8) is 0 Å². The maximum atomic E-state index is 12.2. The molecule has 0 saturated carbocycles. The van der Waals surface area contributed by atoms with Crippen molar-refractivity contribution in [1.82, 2.24) is 10.2 Å². The molecule has 1 fully saturated rings. The zero-order valence-electron chi connectivity index (χ0n) is 16.8. The highest BCUT2D eigenvalue weighted by atomic mass is 16.6. The van der Waals surface area contributed by atoms with Gasteiger partial charge in [-0.1, -0.05) is 30.3 Å². The maximum Gasteiger partial charge on any atom is 0.415 e. The van der Waals surface area contributed by atoms with Gasteiger partial charge in [0.1, 0.15) is 11.5 Å². The standard InChI is InChI=1S/C23H28N2O4/c1-2-28-20-10-8-18(9-11-20)16-22(26)24-17-19-12-14-25(15-13-19)23(27)29-21-6-4-3-5-7-21/h3-11,19H,2,12-17H2,1H3,(H,24,26). The summed E-state index contributed by atoms with van der Waals surface area (Å²) in [5, 5.41) is 3.02. The number of nitrogens with one attached hydrogen (secondary N) is 1. The third-order valence-electron chi connectivity index (χ3n) is 5.01. The molecule has 6 nitrogen and oxygen atoms in total. The monoisotopic (exact) mass is 396 g/mol. The predicted octanol–water partition coefficient (Wildman–Crippen LogP) is 3.66. The van der Waals surface area contributed by atoms with Crippen molar-refractivity contribution in [1.29, 1.82) is 0 Å². The first-order valence-corrected chi connectivity index (χ1v) is 10.1. The second-order valence-corrected chi connectivity index (χ2v) is 7.17. The van der Waals surface area contributed by atoms with E-state index >= 15 is 0 Å². The lowest BCUT2D eigenvalue weighted by atomic mass is 9.97. The van der Waals surface area contributed by atoms with Gasteiger partial charge in [-0.05, 0) is 55.5 Å². The van der Waals surface area contributed by atoms with Gasteiger partial charge >= 0.3 is 6.09 Å². The first-order chi connectivity index (χ1) is 14.1. The lowest BCUT2D eigenvalue weighted by molar-refractivity contribution is -0.120. The normalized spacial score (nSPS) is 14.3. The molecule has 2 aromatic rings. The van der Waals surface area contributed by atoms with Gasteiger partial charge in [0, 0.05) is 19.6 Å². The number of likely N-dealkylation sites (tertiary alicyclic amines) is 1. The highest BCUT2D eigenvalue weighted by molar-refractivity contribution is 5.78. The lowest BCUT2D eigenvalue weighted by Crippen LogP contribution is -2.42. The molecule has 0 aliphatic carbocycles. The van der Waals surface area contributed by atoms with Gasteiger partial charge < -0.3 is 19.7 Å². The number of ether oxygens (including phenoxy) is 2. The summed E-state index contributed by atoms with van der Waals surface area (Å²) >= 11 is 0. The number of carbonyl (C=O) groups is 2. The molecule has 0 spiro atoms. The van der Waals surface area contributed by atoms with Crippen LogP contribution in [0.5, 0.6) is 11.5 Å². The SMILES string of the molecule is CCOc1ccc(CC(=O)NCC2CCN(C(=O)Oc3ccccc3)CC2)cc1. The van der Waals surface area contributed by atoms with E-state index in [2.05, 4.69) is 5.32 Å². The summed E-state index contributed by atoms with van der Waals surface area (Å²) in [5.41, 5.74) is 0.962. The number of hydrogen-bond donors (Lipinski definition) is 1. The van der Waals surface area contributed by atoms with Gasteiger partial charge in [-0.2, -0.15) is 0 Å². The fraction of sp³-hybridized carbons (Fsp3) is 0.391. The van der Waals surface area contributed by atoms with Crippen LogP contribution in [0.25, 0.3) is 0 Å². The van der Waals surface area contributed by atoms with Gasteiger partial charge in [0.25, 0.3) is 0 Å². The lowest BCUT2D eigenvalue weighted by Gasteiger charge is -2.31. The largest absolute Gasteiger partial charge is 0.494 e. The average molecular weight is 396 g/mol. The Labute approximate surface area is 171 Å². The van der Waals surface area contributed by atoms with E-state index in [1.165, 1.54) is 0 Å². The van der Waals surface area contributed by atoms with Crippen LogP contribution >= 0.6 is 0 Å². The van der Waals surface area contributed by atoms with Crippen LogP contribution in [-0.4, -0.2) is 43.1 Å². The zero-order chi connectivity index (χ0) is 20.5. The van der Waals surface area contributed by atoms with Gasteiger partial charge in [-0.3, -0.25) is 4.79 Å². The van der Waals surface area contributed by atoms with E-state index in [-0.39, 0.29) is 12.0 Å². The van der Waals surface area contributed by atoms with E-state index in [1.807, 2.05) is 49.4 Å². The van der Waals surface area contributed by atoms with Gasteiger partial charge in [-0.25, -0.2) is 4.79 Å². The Bertz CT molecular complexity index is 784. The van der Waals surface area contributed by atoms with Gasteiger partial charge in [-0.15, -0.1) is 0 Å². The highest BCUT2D eigenvalue weighted by Crippen LogP contribution is 2.19. The van der Waals surface area contributed by atoms with Crippen LogP contribution in [0, 0.1) is 5.92 Å². The molecule has 1 saturated heterocycles. The molecule has 0 bridgehead atoms. The second kappa shape index (κ2) is 10.5. The number of nitrogens with zero attached hydrogens (tertiary/aromatic N) is 1. The summed E-state index contributed by atoms with van der Waals surface area (Å²) in [7, 11) is 0. The zero-order valence-corrected chi connectivity index (χ0v) is 16.8. The maximum absolute atomic E-state index is 12.2. The summed E-state index contributed by atoms with van der Waals surface area (Å²) in [6, 6.07) is 16.7. The number of piperidine rings is 1. The molecular weight excluding hydrogens is 368 g/mol. The van der Waals surface area contributed by atoms with Crippen LogP contribution in [-0.2, 0) is 11.2 Å². The predicted molar refractivity (Wildman–Crippen MR) is 111 cm³/mol. The minimum Gasteiger partial charge on any atom is -0.494 e. The summed E-state index contributed by atoms with van der Waals surface area (Å²) in [6.45, 7) is 4.49. The van der Waals surface area contributed by atoms with Crippen LogP contribution < -0.4 is 14.8 Å². The van der Waals surface area contributed by atoms with Crippen LogP contribution in [0.15, 0.2) is 54.6 Å². The first-order valence-electron chi connectivity index (χ1n) is 10.1. The summed E-state index contributed by atoms with van der Waals surface area (Å²) < 4.78 is 10.8. The fourth-order valence-corrected chi connectivity index (χ4v) is 3.35. The minimum atomic E-state index is -0.311. The molecular formula is C23H28N2O4. The molecule has 2 aromatic carbocycles. The summed E-state index contributed by atoms with van der Waals surface area (Å²) in [5.74, 6) is 1.76. The molecule has 1 heterocycles. The topological polar surface area (TPSA) is 67.9 Å². The molecule has 1 aliphatic rings. The molecule has 6 heteroatoms. The number of benzene rings is 2. The Morgan fingerprint density at radius 2 is 1.69 bits per heavy atom. The molecule has 1 N–H and O–H groups in total. The summed E-state index contributed by atoms with van der Waals surface area (Å²) in [6.07, 6.45) is 1.75. The first kappa shape index (κ1) is 20.7. The van der Waals surface area contributed by atoms with Crippen molar-refractivity contribution in [2.45, 2.75) is 26.2 Å². The molecule has 2 amide bonds. The molecule has 0 radical (unpaired) electrons. The van der Waals surface area contributed by atoms with Crippen LogP contribution in [0.4, 0.5) is 4.79 Å². The third-order valence-corrected chi connectivity index (χ3v) is 5.01. The second-order valence-electron chi connectivity index (χ2n) is 7.17. The summed E-state index contributed by atoms with van der Waals surface area (Å²) in [4.78, 5) is 26.2.